The Bertz CT molecular complexity index is 2030. The van der Waals surface area contributed by atoms with Gasteiger partial charge in [0.1, 0.15) is 23.0 Å². The average Bonchev–Trinajstić information content (AvgIpc) is 3.50. The monoisotopic (exact) mass is 630 g/mol. The predicted molar refractivity (Wildman–Crippen MR) is 180 cm³/mol. The number of imidazole rings is 1. The zero-order valence-corrected chi connectivity index (χ0v) is 25.7. The minimum Gasteiger partial charge on any atom is -0.369 e. The maximum atomic E-state index is 14.2. The predicted octanol–water partition coefficient (Wildman–Crippen LogP) is 6.87. The van der Waals surface area contributed by atoms with E-state index in [-0.39, 0.29) is 5.56 Å². The standard InChI is InChI=1S/C36H32F2N8O/c1-2-44-19-21-45(22-20-44)27-14-12-26(13-15-27)40-36-39-17-16-30(41-36)34-32(42-31-11-3-4-18-46(31)34)24-7-5-8-25(23-24)35(47)43-33-28(37)9-6-10-29(33)38/h3-18,23H,2,19-22H2,1H3,(H,43,47)(H,39,40,41). The molecule has 0 aliphatic carbocycles. The molecule has 3 aromatic carbocycles. The Hall–Kier alpha value is -5.68. The van der Waals surface area contributed by atoms with E-state index in [1.54, 1.807) is 24.4 Å². The van der Waals surface area contributed by atoms with Crippen LogP contribution >= 0.6 is 0 Å². The number of likely N-dealkylation sites (N-methyl/N-ethyl adjacent to an activating group) is 1. The van der Waals surface area contributed by atoms with Crippen LogP contribution in [0.25, 0.3) is 28.3 Å². The number of carbonyl (C=O) groups is 1. The Morgan fingerprint density at radius 2 is 1.62 bits per heavy atom. The summed E-state index contributed by atoms with van der Waals surface area (Å²) in [6.45, 7) is 7.41. The van der Waals surface area contributed by atoms with E-state index in [1.807, 2.05) is 53.1 Å². The van der Waals surface area contributed by atoms with Crippen LogP contribution in [-0.2, 0) is 0 Å². The second kappa shape index (κ2) is 13.0. The highest BCUT2D eigenvalue weighted by molar-refractivity contribution is 6.05. The maximum absolute atomic E-state index is 14.2. The summed E-state index contributed by atoms with van der Waals surface area (Å²) in [6, 6.07) is 25.9. The normalized spacial score (nSPS) is 13.6. The first kappa shape index (κ1) is 30.0. The Morgan fingerprint density at radius 1 is 0.851 bits per heavy atom. The fourth-order valence-corrected chi connectivity index (χ4v) is 5.81. The SMILES string of the molecule is CCN1CCN(c2ccc(Nc3nccc(-c4c(-c5cccc(C(=O)Nc6c(F)cccc6F)c5)nc5ccccn45)n3)cc2)CC1. The van der Waals surface area contributed by atoms with Crippen molar-refractivity contribution in [1.82, 2.24) is 24.3 Å². The van der Waals surface area contributed by atoms with Gasteiger partial charge in [0.25, 0.3) is 5.91 Å². The summed E-state index contributed by atoms with van der Waals surface area (Å²) in [5, 5.41) is 5.68. The molecule has 0 atom stereocenters. The number of carbonyl (C=O) groups excluding carboxylic acids is 1. The molecule has 2 N–H and O–H groups in total. The van der Waals surface area contributed by atoms with Crippen LogP contribution in [0.3, 0.4) is 0 Å². The first-order valence-corrected chi connectivity index (χ1v) is 15.5. The van der Waals surface area contributed by atoms with Crippen molar-refractivity contribution in [3.05, 3.63) is 121 Å². The third-order valence-corrected chi connectivity index (χ3v) is 8.34. The van der Waals surface area contributed by atoms with Crippen molar-refractivity contribution in [2.45, 2.75) is 6.92 Å². The van der Waals surface area contributed by atoms with Crippen LogP contribution < -0.4 is 15.5 Å². The zero-order chi connectivity index (χ0) is 32.3. The van der Waals surface area contributed by atoms with Gasteiger partial charge in [0.15, 0.2) is 0 Å². The Balaban J connectivity index is 1.17. The number of piperazine rings is 1. The first-order chi connectivity index (χ1) is 23.0. The molecule has 0 radical (unpaired) electrons. The molecule has 236 valence electrons. The van der Waals surface area contributed by atoms with E-state index in [1.165, 1.54) is 11.8 Å². The summed E-state index contributed by atoms with van der Waals surface area (Å²) >= 11 is 0. The van der Waals surface area contributed by atoms with Crippen molar-refractivity contribution < 1.29 is 13.6 Å². The molecule has 1 amide bonds. The molecular weight excluding hydrogens is 598 g/mol. The van der Waals surface area contributed by atoms with Gasteiger partial charge in [-0.2, -0.15) is 0 Å². The number of nitrogens with zero attached hydrogens (tertiary/aromatic N) is 6. The summed E-state index contributed by atoms with van der Waals surface area (Å²) in [5.74, 6) is -1.94. The molecule has 1 saturated heterocycles. The third kappa shape index (κ3) is 6.25. The van der Waals surface area contributed by atoms with Crippen LogP contribution in [0.5, 0.6) is 0 Å². The summed E-state index contributed by atoms with van der Waals surface area (Å²) in [7, 11) is 0. The Labute approximate surface area is 270 Å². The second-order valence-corrected chi connectivity index (χ2v) is 11.2. The summed E-state index contributed by atoms with van der Waals surface area (Å²) in [6.07, 6.45) is 3.58. The van der Waals surface area contributed by atoms with Crippen molar-refractivity contribution in [2.75, 3.05) is 48.3 Å². The van der Waals surface area contributed by atoms with Gasteiger partial charge in [-0.15, -0.1) is 0 Å². The first-order valence-electron chi connectivity index (χ1n) is 15.5. The number of aromatic nitrogens is 4. The number of benzene rings is 3. The Kier molecular flexibility index (Phi) is 8.28. The van der Waals surface area contributed by atoms with Gasteiger partial charge in [-0.3, -0.25) is 9.20 Å². The van der Waals surface area contributed by atoms with Gasteiger partial charge in [-0.05, 0) is 73.3 Å². The fraction of sp³-hybridized carbons (Fsp3) is 0.167. The van der Waals surface area contributed by atoms with Gasteiger partial charge >= 0.3 is 0 Å². The molecule has 0 bridgehead atoms. The molecule has 1 aliphatic heterocycles. The lowest BCUT2D eigenvalue weighted by atomic mass is 10.0. The lowest BCUT2D eigenvalue weighted by molar-refractivity contribution is 0.102. The molecule has 3 aromatic heterocycles. The highest BCUT2D eigenvalue weighted by Crippen LogP contribution is 2.33. The largest absolute Gasteiger partial charge is 0.369 e. The quantitative estimate of drug-likeness (QED) is 0.190. The molecule has 7 rings (SSSR count). The van der Waals surface area contributed by atoms with Crippen LogP contribution in [0.15, 0.2) is 103 Å². The minimum absolute atomic E-state index is 0.217. The van der Waals surface area contributed by atoms with Gasteiger partial charge in [0.05, 0.1) is 17.1 Å². The molecule has 9 nitrogen and oxygen atoms in total. The fourth-order valence-electron chi connectivity index (χ4n) is 5.81. The molecule has 47 heavy (non-hydrogen) atoms. The third-order valence-electron chi connectivity index (χ3n) is 8.34. The smallest absolute Gasteiger partial charge is 0.255 e. The number of amides is 1. The molecule has 1 fully saturated rings. The van der Waals surface area contributed by atoms with E-state index < -0.39 is 23.2 Å². The minimum atomic E-state index is -0.855. The highest BCUT2D eigenvalue weighted by Gasteiger charge is 2.20. The molecular formula is C36H32F2N8O. The van der Waals surface area contributed by atoms with Crippen molar-refractivity contribution in [3.8, 4) is 22.6 Å². The molecule has 6 aromatic rings. The van der Waals surface area contributed by atoms with Crippen LogP contribution in [0, 0.1) is 11.6 Å². The number of hydrogen-bond donors (Lipinski definition) is 2. The molecule has 4 heterocycles. The second-order valence-electron chi connectivity index (χ2n) is 11.2. The van der Waals surface area contributed by atoms with Crippen molar-refractivity contribution in [2.24, 2.45) is 0 Å². The number of rotatable bonds is 8. The zero-order valence-electron chi connectivity index (χ0n) is 25.7. The number of anilines is 4. The summed E-state index contributed by atoms with van der Waals surface area (Å²) in [4.78, 5) is 32.1. The van der Waals surface area contributed by atoms with Crippen molar-refractivity contribution >= 4 is 34.6 Å². The summed E-state index contributed by atoms with van der Waals surface area (Å²) in [5.41, 5.74) is 4.98. The molecule has 0 spiro atoms. The number of hydrogen-bond acceptors (Lipinski definition) is 7. The van der Waals surface area contributed by atoms with Gasteiger partial charge in [-0.1, -0.05) is 31.2 Å². The van der Waals surface area contributed by atoms with Gasteiger partial charge in [0, 0.05) is 61.1 Å². The van der Waals surface area contributed by atoms with E-state index in [0.29, 0.717) is 34.2 Å². The molecule has 11 heteroatoms. The van der Waals surface area contributed by atoms with Crippen LogP contribution in [-0.4, -0.2) is 62.9 Å². The average molecular weight is 631 g/mol. The van der Waals surface area contributed by atoms with E-state index in [4.69, 9.17) is 9.97 Å². The Morgan fingerprint density at radius 3 is 2.38 bits per heavy atom. The molecule has 0 unspecified atom stereocenters. The molecule has 1 aliphatic rings. The van der Waals surface area contributed by atoms with E-state index >= 15 is 0 Å². The van der Waals surface area contributed by atoms with E-state index in [0.717, 1.165) is 50.5 Å². The van der Waals surface area contributed by atoms with Crippen LogP contribution in [0.1, 0.15) is 17.3 Å². The lowest BCUT2D eigenvalue weighted by Crippen LogP contribution is -2.46. The number of pyridine rings is 1. The van der Waals surface area contributed by atoms with E-state index in [9.17, 15) is 13.6 Å². The number of fused-ring (bicyclic) bond motifs is 1. The highest BCUT2D eigenvalue weighted by atomic mass is 19.1. The van der Waals surface area contributed by atoms with Crippen LogP contribution in [0.4, 0.5) is 31.8 Å². The number of halogens is 2. The van der Waals surface area contributed by atoms with Gasteiger partial charge < -0.3 is 20.4 Å². The van der Waals surface area contributed by atoms with Crippen LogP contribution in [0.2, 0.25) is 0 Å². The maximum Gasteiger partial charge on any atom is 0.255 e. The number of nitrogens with one attached hydrogen (secondary N) is 2. The summed E-state index contributed by atoms with van der Waals surface area (Å²) < 4.78 is 30.4. The van der Waals surface area contributed by atoms with Crippen molar-refractivity contribution in [3.63, 3.8) is 0 Å². The molecule has 0 saturated carbocycles. The van der Waals surface area contributed by atoms with E-state index in [2.05, 4.69) is 44.5 Å². The van der Waals surface area contributed by atoms with Crippen molar-refractivity contribution in [1.29, 1.82) is 0 Å². The van der Waals surface area contributed by atoms with Gasteiger partial charge in [0.2, 0.25) is 5.95 Å². The van der Waals surface area contributed by atoms with Gasteiger partial charge in [-0.25, -0.2) is 23.7 Å². The lowest BCUT2D eigenvalue weighted by Gasteiger charge is -2.35. The topological polar surface area (TPSA) is 90.7 Å². The number of para-hydroxylation sites is 1.